The Morgan fingerprint density at radius 1 is 1.41 bits per heavy atom. The molecular weight excluding hydrogens is 325 g/mol. The zero-order chi connectivity index (χ0) is 12.5. The fraction of sp³-hybridized carbons (Fsp3) is 0.462. The van der Waals surface area contributed by atoms with Gasteiger partial charge in [-0.15, -0.1) is 0 Å². The summed E-state index contributed by atoms with van der Waals surface area (Å²) in [5.74, 6) is 0.674. The third-order valence-corrected chi connectivity index (χ3v) is 4.05. The molecule has 17 heavy (non-hydrogen) atoms. The number of hydrogen-bond acceptors (Lipinski definition) is 3. The summed E-state index contributed by atoms with van der Waals surface area (Å²) in [6.07, 6.45) is 1.08. The molecule has 1 unspecified atom stereocenters. The van der Waals surface area contributed by atoms with Gasteiger partial charge in [0.2, 0.25) is 0 Å². The Hall–Kier alpha value is -0.780. The number of benzene rings is 1. The van der Waals surface area contributed by atoms with E-state index in [1.54, 1.807) is 0 Å². The van der Waals surface area contributed by atoms with Crippen molar-refractivity contribution in [3.8, 4) is 0 Å². The molecule has 0 saturated heterocycles. The first kappa shape index (κ1) is 12.7. The minimum atomic E-state index is -0.0789. The molecule has 0 fully saturated rings. The van der Waals surface area contributed by atoms with Gasteiger partial charge in [0.25, 0.3) is 0 Å². The molecule has 1 aliphatic heterocycles. The first-order valence-electron chi connectivity index (χ1n) is 5.91. The van der Waals surface area contributed by atoms with Gasteiger partial charge in [-0.1, -0.05) is 19.1 Å². The zero-order valence-corrected chi connectivity index (χ0v) is 12.4. The van der Waals surface area contributed by atoms with E-state index >= 15 is 0 Å². The van der Waals surface area contributed by atoms with Crippen LogP contribution in [0.1, 0.15) is 25.8 Å². The summed E-state index contributed by atoms with van der Waals surface area (Å²) in [6, 6.07) is 8.64. The van der Waals surface area contributed by atoms with Crippen molar-refractivity contribution in [1.29, 1.82) is 0 Å². The molecular formula is C13H18IN3. The van der Waals surface area contributed by atoms with Crippen LogP contribution in [0.25, 0.3) is 0 Å². The van der Waals surface area contributed by atoms with Gasteiger partial charge in [0.05, 0.1) is 12.1 Å². The van der Waals surface area contributed by atoms with Gasteiger partial charge in [-0.25, -0.2) is 0 Å². The second-order valence-electron chi connectivity index (χ2n) is 4.61. The number of nitrogens with zero attached hydrogens (tertiary/aromatic N) is 2. The molecule has 1 heterocycles. The smallest absolute Gasteiger partial charge is 0.192 e. The summed E-state index contributed by atoms with van der Waals surface area (Å²) >= 11 is 2.32. The van der Waals surface area contributed by atoms with E-state index in [4.69, 9.17) is 5.73 Å². The lowest BCUT2D eigenvalue weighted by atomic mass is 9.91. The average molecular weight is 343 g/mol. The molecule has 4 heteroatoms. The second kappa shape index (κ2) is 4.84. The molecule has 1 aromatic carbocycles. The van der Waals surface area contributed by atoms with Crippen molar-refractivity contribution in [3.63, 3.8) is 0 Å². The highest BCUT2D eigenvalue weighted by Crippen LogP contribution is 2.32. The molecule has 0 bridgehead atoms. The normalized spacial score (nSPS) is 23.9. The van der Waals surface area contributed by atoms with Crippen LogP contribution in [0.5, 0.6) is 0 Å². The molecule has 0 amide bonds. The molecule has 0 saturated carbocycles. The van der Waals surface area contributed by atoms with E-state index in [0.29, 0.717) is 5.96 Å². The van der Waals surface area contributed by atoms with Crippen molar-refractivity contribution in [1.82, 2.24) is 4.90 Å². The average Bonchev–Trinajstić information content (AvgIpc) is 2.60. The van der Waals surface area contributed by atoms with Gasteiger partial charge >= 0.3 is 0 Å². The fourth-order valence-electron chi connectivity index (χ4n) is 2.30. The molecule has 3 nitrogen and oxygen atoms in total. The summed E-state index contributed by atoms with van der Waals surface area (Å²) in [7, 11) is 0. The summed E-state index contributed by atoms with van der Waals surface area (Å²) in [5.41, 5.74) is 7.19. The predicted octanol–water partition coefficient (Wildman–Crippen LogP) is 2.55. The van der Waals surface area contributed by atoms with Crippen LogP contribution in [-0.4, -0.2) is 23.9 Å². The maximum absolute atomic E-state index is 5.98. The van der Waals surface area contributed by atoms with Gasteiger partial charge in [0, 0.05) is 10.1 Å². The van der Waals surface area contributed by atoms with Crippen LogP contribution in [0.3, 0.4) is 0 Å². The molecule has 0 aromatic heterocycles. The molecule has 0 radical (unpaired) electrons. The number of nitrogens with two attached hydrogens (primary N) is 1. The van der Waals surface area contributed by atoms with Crippen LogP contribution >= 0.6 is 22.6 Å². The van der Waals surface area contributed by atoms with E-state index in [0.717, 1.165) is 19.5 Å². The molecule has 1 aromatic rings. The molecule has 2 N–H and O–H groups in total. The van der Waals surface area contributed by atoms with Crippen molar-refractivity contribution in [2.24, 2.45) is 10.7 Å². The number of guanidine groups is 1. The Morgan fingerprint density at radius 3 is 2.65 bits per heavy atom. The van der Waals surface area contributed by atoms with E-state index in [9.17, 15) is 0 Å². The van der Waals surface area contributed by atoms with Gasteiger partial charge in [-0.2, -0.15) is 0 Å². The minimum absolute atomic E-state index is 0.0789. The Kier molecular flexibility index (Phi) is 3.61. The monoisotopic (exact) mass is 343 g/mol. The highest BCUT2D eigenvalue weighted by Gasteiger charge is 2.38. The second-order valence-corrected chi connectivity index (χ2v) is 5.85. The van der Waals surface area contributed by atoms with Crippen LogP contribution in [0.4, 0.5) is 0 Å². The van der Waals surface area contributed by atoms with Crippen LogP contribution in [-0.2, 0) is 5.54 Å². The van der Waals surface area contributed by atoms with Gasteiger partial charge < -0.3 is 10.6 Å². The van der Waals surface area contributed by atoms with Crippen LogP contribution in [0.15, 0.2) is 29.3 Å². The Balaban J connectivity index is 2.32. The molecule has 1 aliphatic rings. The molecule has 0 spiro atoms. The number of hydrogen-bond donors (Lipinski definition) is 1. The summed E-state index contributed by atoms with van der Waals surface area (Å²) in [5, 5.41) is 0. The maximum Gasteiger partial charge on any atom is 0.192 e. The summed E-state index contributed by atoms with van der Waals surface area (Å²) in [4.78, 5) is 6.62. The molecule has 1 atom stereocenters. The lowest BCUT2D eigenvalue weighted by molar-refractivity contribution is 0.225. The van der Waals surface area contributed by atoms with E-state index in [2.05, 4.69) is 70.6 Å². The Bertz CT molecular complexity index is 427. The maximum atomic E-state index is 5.98. The highest BCUT2D eigenvalue weighted by molar-refractivity contribution is 14.1. The van der Waals surface area contributed by atoms with Crippen molar-refractivity contribution in [3.05, 3.63) is 33.4 Å². The number of aliphatic imine (C=N–C) groups is 1. The first-order valence-corrected chi connectivity index (χ1v) is 6.99. The van der Waals surface area contributed by atoms with Gasteiger partial charge in [-0.3, -0.25) is 4.99 Å². The fourth-order valence-corrected chi connectivity index (χ4v) is 2.66. The summed E-state index contributed by atoms with van der Waals surface area (Å²) in [6.45, 7) is 6.09. The predicted molar refractivity (Wildman–Crippen MR) is 80.0 cm³/mol. The number of halogens is 1. The quantitative estimate of drug-likeness (QED) is 0.857. The van der Waals surface area contributed by atoms with Gasteiger partial charge in [0.15, 0.2) is 5.96 Å². The molecule has 92 valence electrons. The van der Waals surface area contributed by atoms with E-state index in [-0.39, 0.29) is 5.54 Å². The summed E-state index contributed by atoms with van der Waals surface area (Å²) < 4.78 is 1.25. The standard InChI is InChI=1S/C13H18IN3/c1-3-8-17-12(15)16-9-13(17,2)10-4-6-11(14)7-5-10/h4-7H,3,8-9H2,1-2H3,(H2,15,16). The Morgan fingerprint density at radius 2 is 2.06 bits per heavy atom. The Labute approximate surface area is 116 Å². The third kappa shape index (κ3) is 2.27. The zero-order valence-electron chi connectivity index (χ0n) is 10.3. The van der Waals surface area contributed by atoms with Crippen molar-refractivity contribution in [2.45, 2.75) is 25.8 Å². The molecule has 0 aliphatic carbocycles. The largest absolute Gasteiger partial charge is 0.370 e. The topological polar surface area (TPSA) is 41.6 Å². The SMILES string of the molecule is CCCN1C(N)=NCC1(C)c1ccc(I)cc1. The van der Waals surface area contributed by atoms with Crippen molar-refractivity contribution in [2.75, 3.05) is 13.1 Å². The lowest BCUT2D eigenvalue weighted by Gasteiger charge is -2.36. The van der Waals surface area contributed by atoms with E-state index < -0.39 is 0 Å². The van der Waals surface area contributed by atoms with Gasteiger partial charge in [-0.05, 0) is 53.6 Å². The lowest BCUT2D eigenvalue weighted by Crippen LogP contribution is -2.47. The van der Waals surface area contributed by atoms with E-state index in [1.807, 2.05) is 0 Å². The van der Waals surface area contributed by atoms with Gasteiger partial charge in [0.1, 0.15) is 0 Å². The minimum Gasteiger partial charge on any atom is -0.370 e. The van der Waals surface area contributed by atoms with Crippen molar-refractivity contribution >= 4 is 28.6 Å². The third-order valence-electron chi connectivity index (χ3n) is 3.33. The first-order chi connectivity index (χ1) is 8.08. The van der Waals surface area contributed by atoms with Crippen LogP contribution < -0.4 is 5.73 Å². The highest BCUT2D eigenvalue weighted by atomic mass is 127. The van der Waals surface area contributed by atoms with Crippen LogP contribution in [0.2, 0.25) is 0 Å². The van der Waals surface area contributed by atoms with Crippen LogP contribution in [0, 0.1) is 3.57 Å². The molecule has 2 rings (SSSR count). The number of rotatable bonds is 3. The van der Waals surface area contributed by atoms with Crippen molar-refractivity contribution < 1.29 is 0 Å². The van der Waals surface area contributed by atoms with E-state index in [1.165, 1.54) is 9.13 Å².